The Labute approximate surface area is 93.2 Å². The number of hydrogen-bond acceptors (Lipinski definition) is 3. The Morgan fingerprint density at radius 2 is 1.07 bits per heavy atom. The fourth-order valence-electron chi connectivity index (χ4n) is 0.352. The van der Waals surface area contributed by atoms with Crippen molar-refractivity contribution in [2.75, 3.05) is 0 Å². The average molecular weight is 216 g/mol. The minimum absolute atomic E-state index is 0.167. The van der Waals surface area contributed by atoms with Crippen LogP contribution < -0.4 is 0 Å². The van der Waals surface area contributed by atoms with Crippen LogP contribution >= 0.6 is 0 Å². The molecule has 0 aliphatic heterocycles. The van der Waals surface area contributed by atoms with Gasteiger partial charge in [0.1, 0.15) is 17.3 Å². The van der Waals surface area contributed by atoms with Crippen LogP contribution in [0.15, 0.2) is 0 Å². The molecule has 0 amide bonds. The van der Waals surface area contributed by atoms with Gasteiger partial charge in [0.25, 0.3) is 0 Å². The topological polar surface area (TPSA) is 51.2 Å². The molecule has 3 heteroatoms. The van der Waals surface area contributed by atoms with E-state index in [0.29, 0.717) is 6.42 Å². The van der Waals surface area contributed by atoms with Gasteiger partial charge in [-0.25, -0.2) is 0 Å². The summed E-state index contributed by atoms with van der Waals surface area (Å²) < 4.78 is 0. The lowest BCUT2D eigenvalue weighted by Gasteiger charge is -1.80. The highest BCUT2D eigenvalue weighted by Crippen LogP contribution is 1.84. The molecular weight excluding hydrogens is 192 g/mol. The Bertz CT molecular complexity index is 179. The summed E-state index contributed by atoms with van der Waals surface area (Å²) in [4.78, 5) is 29.3. The first-order valence-corrected chi connectivity index (χ1v) is 5.23. The van der Waals surface area contributed by atoms with E-state index in [2.05, 4.69) is 0 Å². The lowest BCUT2D eigenvalue weighted by molar-refractivity contribution is -0.117. The van der Waals surface area contributed by atoms with E-state index in [-0.39, 0.29) is 17.3 Å². The zero-order chi connectivity index (χ0) is 12.9. The van der Waals surface area contributed by atoms with E-state index >= 15 is 0 Å². The van der Waals surface area contributed by atoms with E-state index in [1.165, 1.54) is 13.8 Å². The molecule has 0 saturated heterocycles. The average Bonchev–Trinajstić information content (AvgIpc) is 2.03. The van der Waals surface area contributed by atoms with E-state index in [9.17, 15) is 14.4 Å². The summed E-state index contributed by atoms with van der Waals surface area (Å²) in [5.74, 6) is 0.711. The molecule has 0 fully saturated rings. The van der Waals surface area contributed by atoms with Crippen LogP contribution in [0.3, 0.4) is 0 Å². The van der Waals surface area contributed by atoms with Crippen LogP contribution in [-0.4, -0.2) is 17.3 Å². The minimum atomic E-state index is 0.167. The van der Waals surface area contributed by atoms with Gasteiger partial charge in [-0.05, 0) is 34.1 Å². The third kappa shape index (κ3) is 98.1. The molecule has 90 valence electrons. The summed E-state index contributed by atoms with van der Waals surface area (Å²) in [7, 11) is 0. The van der Waals surface area contributed by atoms with Crippen molar-refractivity contribution in [1.82, 2.24) is 0 Å². The van der Waals surface area contributed by atoms with Gasteiger partial charge in [0.05, 0.1) is 0 Å². The zero-order valence-electron chi connectivity index (χ0n) is 10.8. The van der Waals surface area contributed by atoms with Gasteiger partial charge in [-0.15, -0.1) is 0 Å². The van der Waals surface area contributed by atoms with Crippen LogP contribution in [-0.2, 0) is 14.4 Å². The molecule has 3 nitrogen and oxygen atoms in total. The molecule has 0 saturated carbocycles. The van der Waals surface area contributed by atoms with Crippen LogP contribution in [0, 0.1) is 0 Å². The van der Waals surface area contributed by atoms with Gasteiger partial charge in [0.15, 0.2) is 0 Å². The second kappa shape index (κ2) is 15.5. The highest BCUT2D eigenvalue weighted by atomic mass is 16.1. The van der Waals surface area contributed by atoms with Crippen LogP contribution in [0.4, 0.5) is 0 Å². The fourth-order valence-corrected chi connectivity index (χ4v) is 0.352. The molecule has 0 atom stereocenters. The highest BCUT2D eigenvalue weighted by Gasteiger charge is 1.83. The number of ketones is 3. The molecule has 0 aliphatic rings. The van der Waals surface area contributed by atoms with E-state index in [0.717, 1.165) is 12.8 Å². The maximum absolute atomic E-state index is 10.0. The van der Waals surface area contributed by atoms with Gasteiger partial charge in [-0.1, -0.05) is 13.8 Å². The summed E-state index contributed by atoms with van der Waals surface area (Å²) >= 11 is 0. The van der Waals surface area contributed by atoms with Crippen LogP contribution in [0.5, 0.6) is 0 Å². The summed E-state index contributed by atoms with van der Waals surface area (Å²) in [5, 5.41) is 0. The van der Waals surface area contributed by atoms with Crippen molar-refractivity contribution in [3.8, 4) is 0 Å². The van der Waals surface area contributed by atoms with Crippen molar-refractivity contribution < 1.29 is 14.4 Å². The highest BCUT2D eigenvalue weighted by molar-refractivity contribution is 5.75. The first-order valence-electron chi connectivity index (χ1n) is 5.23. The van der Waals surface area contributed by atoms with Crippen molar-refractivity contribution in [1.29, 1.82) is 0 Å². The van der Waals surface area contributed by atoms with Crippen molar-refractivity contribution >= 4 is 17.3 Å². The molecule has 0 aromatic heterocycles. The van der Waals surface area contributed by atoms with Crippen LogP contribution in [0.25, 0.3) is 0 Å². The van der Waals surface area contributed by atoms with E-state index < -0.39 is 0 Å². The van der Waals surface area contributed by atoms with Gasteiger partial charge in [-0.3, -0.25) is 0 Å². The Kier molecular flexibility index (Phi) is 20.2. The van der Waals surface area contributed by atoms with Gasteiger partial charge >= 0.3 is 0 Å². The Morgan fingerprint density at radius 1 is 0.800 bits per heavy atom. The molecule has 0 aromatic rings. The van der Waals surface area contributed by atoms with Gasteiger partial charge in [0, 0.05) is 12.8 Å². The number of hydrogen-bond donors (Lipinski definition) is 0. The van der Waals surface area contributed by atoms with E-state index in [1.807, 2.05) is 13.8 Å². The maximum atomic E-state index is 10.0. The van der Waals surface area contributed by atoms with Crippen molar-refractivity contribution in [2.24, 2.45) is 0 Å². The predicted octanol–water partition coefficient (Wildman–Crippen LogP) is 2.96. The third-order valence-electron chi connectivity index (χ3n) is 1.10. The first kappa shape index (κ1) is 19.6. The molecule has 0 radical (unpaired) electrons. The summed E-state index contributed by atoms with van der Waals surface area (Å²) in [5.41, 5.74) is 0. The molecule has 0 aromatic carbocycles. The summed E-state index contributed by atoms with van der Waals surface area (Å²) in [6, 6.07) is 0. The molecule has 0 rings (SSSR count). The fraction of sp³-hybridized carbons (Fsp3) is 0.750. The van der Waals surface area contributed by atoms with Gasteiger partial charge in [-0.2, -0.15) is 0 Å². The van der Waals surface area contributed by atoms with Crippen molar-refractivity contribution in [3.05, 3.63) is 0 Å². The second-order valence-electron chi connectivity index (χ2n) is 3.42. The third-order valence-corrected chi connectivity index (χ3v) is 1.10. The Balaban J connectivity index is -0.000000147. The quantitative estimate of drug-likeness (QED) is 0.728. The molecule has 0 bridgehead atoms. The standard InChI is InChI=1S/C5H10O.C4H8O.C3H6O/c1-3-4-5(2)6;1-3-4(2)5;1-3(2)4/h3-4H2,1-2H3;3H2,1-2H3;1-2H3. The summed E-state index contributed by atoms with van der Waals surface area (Å²) in [6.07, 6.45) is 2.38. The zero-order valence-corrected chi connectivity index (χ0v) is 10.8. The molecule has 0 heterocycles. The SMILES string of the molecule is CC(C)=O.CCC(C)=O.CCCC(C)=O. The largest absolute Gasteiger partial charge is 0.300 e. The first-order chi connectivity index (χ1) is 6.77. The lowest BCUT2D eigenvalue weighted by Crippen LogP contribution is -1.84. The predicted molar refractivity (Wildman–Crippen MR) is 62.9 cm³/mol. The van der Waals surface area contributed by atoms with E-state index in [1.54, 1.807) is 13.8 Å². The van der Waals surface area contributed by atoms with Crippen molar-refractivity contribution in [3.63, 3.8) is 0 Å². The van der Waals surface area contributed by atoms with Crippen LogP contribution in [0.1, 0.15) is 60.8 Å². The van der Waals surface area contributed by atoms with Crippen LogP contribution in [0.2, 0.25) is 0 Å². The number of carbonyl (C=O) groups excluding carboxylic acids is 3. The smallest absolute Gasteiger partial charge is 0.129 e. The number of carbonyl (C=O) groups is 3. The monoisotopic (exact) mass is 216 g/mol. The molecule has 15 heavy (non-hydrogen) atoms. The number of rotatable bonds is 3. The van der Waals surface area contributed by atoms with Gasteiger partial charge < -0.3 is 14.4 Å². The normalized spacial score (nSPS) is 7.60. The second-order valence-corrected chi connectivity index (χ2v) is 3.42. The minimum Gasteiger partial charge on any atom is -0.300 e. The molecule has 0 unspecified atom stereocenters. The molecule has 0 spiro atoms. The molecule has 0 N–H and O–H groups in total. The summed E-state index contributed by atoms with van der Waals surface area (Å²) in [6.45, 7) is 10.1. The molecular formula is C12H24O3. The van der Waals surface area contributed by atoms with Gasteiger partial charge in [0.2, 0.25) is 0 Å². The van der Waals surface area contributed by atoms with E-state index in [4.69, 9.17) is 0 Å². The lowest BCUT2D eigenvalue weighted by atomic mass is 10.3. The Morgan fingerprint density at radius 3 is 1.07 bits per heavy atom. The van der Waals surface area contributed by atoms with Crippen molar-refractivity contribution in [2.45, 2.75) is 60.8 Å². The number of Topliss-reactive ketones (excluding diaryl/α,β-unsaturated/α-hetero) is 3. The molecule has 0 aliphatic carbocycles. The Hall–Kier alpha value is -0.990. The maximum Gasteiger partial charge on any atom is 0.129 e.